The molecule has 0 spiro atoms. The molecule has 0 aromatic carbocycles. The Morgan fingerprint density at radius 2 is 2.35 bits per heavy atom. The summed E-state index contributed by atoms with van der Waals surface area (Å²) in [5, 5.41) is 12.2. The number of aliphatic hydroxyl groups is 1. The van der Waals surface area contributed by atoms with Crippen LogP contribution < -0.4 is 5.32 Å². The number of aliphatic hydroxyl groups excluding tert-OH is 1. The fraction of sp³-hybridized carbons (Fsp3) is 0.667. The molecule has 1 aliphatic rings. The molecule has 2 N–H and O–H groups in total. The first-order chi connectivity index (χ1) is 7.97. The second kappa shape index (κ2) is 5.82. The number of amides is 2. The lowest BCUT2D eigenvalue weighted by Gasteiger charge is -2.36. The quantitative estimate of drug-likeness (QED) is 0.675. The van der Waals surface area contributed by atoms with Crippen molar-refractivity contribution in [3.8, 4) is 0 Å². The van der Waals surface area contributed by atoms with E-state index in [2.05, 4.69) is 11.9 Å². The molecule has 0 radical (unpaired) electrons. The molecular weight excluding hydrogens is 220 g/mol. The molecule has 1 heterocycles. The minimum atomic E-state index is -1.23. The summed E-state index contributed by atoms with van der Waals surface area (Å²) in [4.78, 5) is 25.1. The van der Waals surface area contributed by atoms with Gasteiger partial charge in [0.25, 0.3) is 5.91 Å². The van der Waals surface area contributed by atoms with E-state index in [0.717, 1.165) is 0 Å². The van der Waals surface area contributed by atoms with Gasteiger partial charge >= 0.3 is 0 Å². The average molecular weight is 240 g/mol. The number of nitrogens with one attached hydrogen (secondary N) is 1. The Balaban J connectivity index is 2.81. The van der Waals surface area contributed by atoms with Crippen molar-refractivity contribution >= 4 is 11.8 Å². The van der Waals surface area contributed by atoms with Crippen LogP contribution in [0.2, 0.25) is 0 Å². The Morgan fingerprint density at radius 3 is 2.88 bits per heavy atom. The van der Waals surface area contributed by atoms with Gasteiger partial charge in [0, 0.05) is 13.1 Å². The summed E-state index contributed by atoms with van der Waals surface area (Å²) < 4.78 is 0. The second-order valence-corrected chi connectivity index (χ2v) is 4.65. The first-order valence-corrected chi connectivity index (χ1v) is 5.86. The predicted octanol–water partition coefficient (Wildman–Crippen LogP) is -0.0936. The van der Waals surface area contributed by atoms with Gasteiger partial charge in [-0.3, -0.25) is 9.59 Å². The second-order valence-electron chi connectivity index (χ2n) is 4.65. The van der Waals surface area contributed by atoms with E-state index in [9.17, 15) is 14.7 Å². The van der Waals surface area contributed by atoms with Crippen LogP contribution in [-0.4, -0.2) is 47.1 Å². The summed E-state index contributed by atoms with van der Waals surface area (Å²) in [5.74, 6) is -0.282. The third-order valence-corrected chi connectivity index (χ3v) is 2.78. The molecule has 0 unspecified atom stereocenters. The summed E-state index contributed by atoms with van der Waals surface area (Å²) in [6.07, 6.45) is 0.554. The highest BCUT2D eigenvalue weighted by molar-refractivity contribution is 5.91. The van der Waals surface area contributed by atoms with Gasteiger partial charge in [0.2, 0.25) is 5.91 Å². The Labute approximate surface area is 101 Å². The third-order valence-electron chi connectivity index (χ3n) is 2.78. The molecule has 0 saturated carbocycles. The molecule has 1 saturated heterocycles. The zero-order valence-corrected chi connectivity index (χ0v) is 10.3. The Hall–Kier alpha value is -1.36. The largest absolute Gasteiger partial charge is 0.379 e. The van der Waals surface area contributed by atoms with Crippen LogP contribution in [0.1, 0.15) is 20.3 Å². The summed E-state index contributed by atoms with van der Waals surface area (Å²) in [6, 6.07) is -0.481. The number of carbonyl (C=O) groups is 2. The smallest absolute Gasteiger partial charge is 0.256 e. The van der Waals surface area contributed by atoms with E-state index < -0.39 is 18.1 Å². The molecule has 0 bridgehead atoms. The van der Waals surface area contributed by atoms with Gasteiger partial charge in [-0.2, -0.15) is 0 Å². The van der Waals surface area contributed by atoms with Crippen LogP contribution in [0.5, 0.6) is 0 Å². The first kappa shape index (κ1) is 13.7. The maximum atomic E-state index is 11.9. The zero-order chi connectivity index (χ0) is 13.0. The molecule has 1 rings (SSSR count). The number of hydrogen-bond acceptors (Lipinski definition) is 3. The summed E-state index contributed by atoms with van der Waals surface area (Å²) in [7, 11) is 0. The third kappa shape index (κ3) is 3.30. The number of rotatable bonds is 4. The topological polar surface area (TPSA) is 69.6 Å². The van der Waals surface area contributed by atoms with Gasteiger partial charge in [0.05, 0.1) is 0 Å². The molecule has 0 aromatic rings. The first-order valence-electron chi connectivity index (χ1n) is 5.86. The number of carbonyl (C=O) groups excluding carboxylic acids is 2. The van der Waals surface area contributed by atoms with Crippen molar-refractivity contribution in [1.29, 1.82) is 0 Å². The van der Waals surface area contributed by atoms with Crippen molar-refractivity contribution in [1.82, 2.24) is 10.2 Å². The highest BCUT2D eigenvalue weighted by atomic mass is 16.3. The minimum absolute atomic E-state index is 0.144. The van der Waals surface area contributed by atoms with Crippen LogP contribution in [0.15, 0.2) is 12.7 Å². The van der Waals surface area contributed by atoms with Crippen LogP contribution in [0.4, 0.5) is 0 Å². The molecule has 5 heteroatoms. The van der Waals surface area contributed by atoms with Crippen molar-refractivity contribution in [3.05, 3.63) is 12.7 Å². The van der Waals surface area contributed by atoms with E-state index in [0.29, 0.717) is 25.4 Å². The summed E-state index contributed by atoms with van der Waals surface area (Å²) in [6.45, 7) is 8.24. The van der Waals surface area contributed by atoms with Crippen molar-refractivity contribution in [2.75, 3.05) is 13.1 Å². The molecule has 5 nitrogen and oxygen atoms in total. The van der Waals surface area contributed by atoms with E-state index in [1.54, 1.807) is 0 Å². The Bertz CT molecular complexity index is 315. The number of hydrogen-bond donors (Lipinski definition) is 2. The maximum absolute atomic E-state index is 11.9. The van der Waals surface area contributed by atoms with E-state index >= 15 is 0 Å². The molecule has 2 amide bonds. The minimum Gasteiger partial charge on any atom is -0.379 e. The van der Waals surface area contributed by atoms with Gasteiger partial charge < -0.3 is 15.3 Å². The van der Waals surface area contributed by atoms with Crippen molar-refractivity contribution in [3.63, 3.8) is 0 Å². The monoisotopic (exact) mass is 240 g/mol. The number of piperazine rings is 1. The highest BCUT2D eigenvalue weighted by Crippen LogP contribution is 2.15. The summed E-state index contributed by atoms with van der Waals surface area (Å²) >= 11 is 0. The van der Waals surface area contributed by atoms with Gasteiger partial charge in [-0.15, -0.1) is 0 Å². The molecule has 17 heavy (non-hydrogen) atoms. The number of nitrogens with zero attached hydrogens (tertiary/aromatic N) is 1. The predicted molar refractivity (Wildman–Crippen MR) is 64.2 cm³/mol. The fourth-order valence-corrected chi connectivity index (χ4v) is 1.93. The average Bonchev–Trinajstić information content (AvgIpc) is 2.29. The van der Waals surface area contributed by atoms with Crippen LogP contribution in [0, 0.1) is 5.92 Å². The molecular formula is C12H20N2O3. The van der Waals surface area contributed by atoms with Gasteiger partial charge in [-0.05, 0) is 12.3 Å². The van der Waals surface area contributed by atoms with E-state index in [1.807, 2.05) is 13.8 Å². The van der Waals surface area contributed by atoms with E-state index in [-0.39, 0.29) is 5.91 Å². The lowest BCUT2D eigenvalue weighted by atomic mass is 9.99. The van der Waals surface area contributed by atoms with Crippen LogP contribution in [0.25, 0.3) is 0 Å². The normalized spacial score (nSPS) is 22.2. The van der Waals surface area contributed by atoms with E-state index in [1.165, 1.54) is 11.0 Å². The Morgan fingerprint density at radius 1 is 1.71 bits per heavy atom. The van der Waals surface area contributed by atoms with Gasteiger partial charge in [0.15, 0.2) is 6.10 Å². The molecule has 1 aliphatic heterocycles. The molecule has 0 aliphatic carbocycles. The lowest BCUT2D eigenvalue weighted by molar-refractivity contribution is -0.148. The van der Waals surface area contributed by atoms with Crippen molar-refractivity contribution < 1.29 is 14.7 Å². The standard InChI is InChI=1S/C12H20N2O3/c1-4-10(15)12(17)14-6-5-13-11(16)9(14)7-8(2)3/h4,8-10,15H,1,5-7H2,2-3H3,(H,13,16)/t9-,10-/m1/s1. The van der Waals surface area contributed by atoms with Gasteiger partial charge in [-0.25, -0.2) is 0 Å². The SMILES string of the molecule is C=C[C@@H](O)C(=O)N1CCNC(=O)[C@H]1CC(C)C. The van der Waals surface area contributed by atoms with Crippen LogP contribution in [-0.2, 0) is 9.59 Å². The fourth-order valence-electron chi connectivity index (χ4n) is 1.93. The van der Waals surface area contributed by atoms with Crippen LogP contribution in [0.3, 0.4) is 0 Å². The lowest BCUT2D eigenvalue weighted by Crippen LogP contribution is -2.59. The zero-order valence-electron chi connectivity index (χ0n) is 10.3. The Kier molecular flexibility index (Phi) is 4.69. The summed E-state index contributed by atoms with van der Waals surface area (Å²) in [5.41, 5.74) is 0. The molecule has 96 valence electrons. The van der Waals surface area contributed by atoms with Gasteiger partial charge in [-0.1, -0.05) is 26.5 Å². The van der Waals surface area contributed by atoms with Gasteiger partial charge in [0.1, 0.15) is 6.04 Å². The van der Waals surface area contributed by atoms with Crippen molar-refractivity contribution in [2.24, 2.45) is 5.92 Å². The molecule has 1 fully saturated rings. The maximum Gasteiger partial charge on any atom is 0.256 e. The highest BCUT2D eigenvalue weighted by Gasteiger charge is 2.35. The molecule has 0 aromatic heterocycles. The van der Waals surface area contributed by atoms with Crippen molar-refractivity contribution in [2.45, 2.75) is 32.4 Å². The molecule has 2 atom stereocenters. The van der Waals surface area contributed by atoms with Crippen LogP contribution >= 0.6 is 0 Å². The van der Waals surface area contributed by atoms with E-state index in [4.69, 9.17) is 0 Å².